The van der Waals surface area contributed by atoms with Crippen LogP contribution in [0.3, 0.4) is 0 Å². The van der Waals surface area contributed by atoms with Crippen molar-refractivity contribution >= 4 is 11.9 Å². The first-order valence-corrected chi connectivity index (χ1v) is 5.11. The molecule has 0 atom stereocenters. The zero-order valence-corrected chi connectivity index (χ0v) is 10.0. The minimum Gasteiger partial charge on any atom is -0.475 e. The molecule has 0 aliphatic heterocycles. The third-order valence-corrected chi connectivity index (χ3v) is 2.48. The molecule has 6 heteroatoms. The molecule has 0 aliphatic carbocycles. The fourth-order valence-electron chi connectivity index (χ4n) is 1.24. The van der Waals surface area contributed by atoms with E-state index in [2.05, 4.69) is 5.32 Å². The van der Waals surface area contributed by atoms with Gasteiger partial charge in [-0.2, -0.15) is 0 Å². The molecule has 1 aromatic heterocycles. The lowest BCUT2D eigenvalue weighted by molar-refractivity contribution is -0.123. The Labute approximate surface area is 98.8 Å². The summed E-state index contributed by atoms with van der Waals surface area (Å²) in [7, 11) is 0. The maximum Gasteiger partial charge on any atom is 0.372 e. The van der Waals surface area contributed by atoms with Crippen LogP contribution in [0.5, 0.6) is 0 Å². The van der Waals surface area contributed by atoms with Crippen molar-refractivity contribution in [1.82, 2.24) is 5.32 Å². The van der Waals surface area contributed by atoms with Gasteiger partial charge in [0.25, 0.3) is 0 Å². The third-order valence-electron chi connectivity index (χ3n) is 2.48. The summed E-state index contributed by atoms with van der Waals surface area (Å²) in [6.45, 7) is 5.17. The van der Waals surface area contributed by atoms with Gasteiger partial charge in [-0.1, -0.05) is 0 Å². The quantitative estimate of drug-likeness (QED) is 0.700. The normalized spacial score (nSPS) is 11.5. The molecule has 17 heavy (non-hydrogen) atoms. The van der Waals surface area contributed by atoms with E-state index in [0.29, 0.717) is 11.3 Å². The summed E-state index contributed by atoms with van der Waals surface area (Å²) in [5.41, 5.74) is 4.87. The Morgan fingerprint density at radius 3 is 2.53 bits per heavy atom. The van der Waals surface area contributed by atoms with Crippen LogP contribution in [0.2, 0.25) is 0 Å². The number of nitrogens with two attached hydrogens (primary N) is 1. The van der Waals surface area contributed by atoms with Gasteiger partial charge in [-0.3, -0.25) is 10.1 Å². The van der Waals surface area contributed by atoms with Crippen LogP contribution in [0.15, 0.2) is 10.5 Å². The highest BCUT2D eigenvalue weighted by Gasteiger charge is 2.24. The van der Waals surface area contributed by atoms with Crippen molar-refractivity contribution < 1.29 is 19.1 Å². The maximum atomic E-state index is 11.1. The Kier molecular flexibility index (Phi) is 3.57. The molecule has 0 fully saturated rings. The van der Waals surface area contributed by atoms with E-state index in [1.165, 1.54) is 0 Å². The van der Waals surface area contributed by atoms with Gasteiger partial charge in [0.2, 0.25) is 11.7 Å². The zero-order chi connectivity index (χ0) is 13.2. The number of primary amides is 1. The minimum absolute atomic E-state index is 0.0846. The molecule has 94 valence electrons. The number of aromatic carboxylic acids is 1. The van der Waals surface area contributed by atoms with E-state index in [1.54, 1.807) is 26.8 Å². The fraction of sp³-hybridized carbons (Fsp3) is 0.455. The highest BCUT2D eigenvalue weighted by atomic mass is 16.4. The first-order valence-electron chi connectivity index (χ1n) is 5.11. The van der Waals surface area contributed by atoms with Gasteiger partial charge in [-0.05, 0) is 26.8 Å². The molecule has 1 heterocycles. The summed E-state index contributed by atoms with van der Waals surface area (Å²) in [4.78, 5) is 21.8. The summed E-state index contributed by atoms with van der Waals surface area (Å²) in [6.07, 6.45) is 0. The van der Waals surface area contributed by atoms with Crippen LogP contribution in [-0.4, -0.2) is 22.5 Å². The Bertz CT molecular complexity index is 448. The van der Waals surface area contributed by atoms with E-state index >= 15 is 0 Å². The molecule has 0 radical (unpaired) electrons. The summed E-state index contributed by atoms with van der Waals surface area (Å²) >= 11 is 0. The second kappa shape index (κ2) is 4.58. The summed E-state index contributed by atoms with van der Waals surface area (Å²) in [5.74, 6) is -1.23. The Morgan fingerprint density at radius 1 is 1.53 bits per heavy atom. The largest absolute Gasteiger partial charge is 0.475 e. The molecule has 0 saturated heterocycles. The summed E-state index contributed by atoms with van der Waals surface area (Å²) in [5, 5.41) is 11.7. The van der Waals surface area contributed by atoms with E-state index in [4.69, 9.17) is 15.3 Å². The molecular formula is C11H16N2O4. The molecule has 0 aromatic carbocycles. The smallest absolute Gasteiger partial charge is 0.372 e. The van der Waals surface area contributed by atoms with E-state index in [-0.39, 0.29) is 12.3 Å². The van der Waals surface area contributed by atoms with Gasteiger partial charge in [-0.15, -0.1) is 0 Å². The van der Waals surface area contributed by atoms with E-state index < -0.39 is 17.4 Å². The number of carbonyl (C=O) groups is 2. The molecule has 0 bridgehead atoms. The number of aryl methyl sites for hydroxylation is 1. The topological polar surface area (TPSA) is 106 Å². The van der Waals surface area contributed by atoms with Gasteiger partial charge in [-0.25, -0.2) is 4.79 Å². The first kappa shape index (κ1) is 13.2. The van der Waals surface area contributed by atoms with Crippen molar-refractivity contribution in [3.05, 3.63) is 23.2 Å². The molecule has 1 aromatic rings. The van der Waals surface area contributed by atoms with Crippen molar-refractivity contribution in [1.29, 1.82) is 0 Å². The molecule has 0 spiro atoms. The molecule has 1 rings (SSSR count). The predicted molar refractivity (Wildman–Crippen MR) is 60.5 cm³/mol. The number of carbonyl (C=O) groups excluding carboxylic acids is 1. The van der Waals surface area contributed by atoms with Crippen LogP contribution in [0.25, 0.3) is 0 Å². The third kappa shape index (κ3) is 3.07. The first-order chi connectivity index (χ1) is 7.74. The van der Waals surface area contributed by atoms with Crippen molar-refractivity contribution in [2.45, 2.75) is 32.9 Å². The molecule has 0 unspecified atom stereocenters. The second-order valence-corrected chi connectivity index (χ2v) is 4.37. The van der Waals surface area contributed by atoms with Gasteiger partial charge >= 0.3 is 5.97 Å². The number of hydrogen-bond donors (Lipinski definition) is 3. The van der Waals surface area contributed by atoms with E-state index in [9.17, 15) is 9.59 Å². The van der Waals surface area contributed by atoms with Gasteiger partial charge in [0.05, 0.1) is 12.1 Å². The molecule has 0 saturated carbocycles. The van der Waals surface area contributed by atoms with Crippen molar-refractivity contribution in [2.24, 2.45) is 5.73 Å². The van der Waals surface area contributed by atoms with Crippen LogP contribution in [0.4, 0.5) is 0 Å². The lowest BCUT2D eigenvalue weighted by Gasteiger charge is -2.21. The number of carboxylic acid groups (broad SMARTS) is 1. The average molecular weight is 240 g/mol. The van der Waals surface area contributed by atoms with Crippen molar-refractivity contribution in [3.63, 3.8) is 0 Å². The zero-order valence-electron chi connectivity index (χ0n) is 10.0. The molecule has 4 N–H and O–H groups in total. The standard InChI is InChI=1S/C11H16N2O4/c1-6-4-7(17-8(6)9(14)15)5-13-11(2,3)10(12)16/h4,13H,5H2,1-3H3,(H2,12,16)(H,14,15). The lowest BCUT2D eigenvalue weighted by Crippen LogP contribution is -2.50. The lowest BCUT2D eigenvalue weighted by atomic mass is 10.1. The molecule has 1 amide bonds. The van der Waals surface area contributed by atoms with Gasteiger partial charge in [0.15, 0.2) is 0 Å². The number of amides is 1. The number of hydrogen-bond acceptors (Lipinski definition) is 4. The van der Waals surface area contributed by atoms with Crippen LogP contribution < -0.4 is 11.1 Å². The molecule has 6 nitrogen and oxygen atoms in total. The second-order valence-electron chi connectivity index (χ2n) is 4.37. The Morgan fingerprint density at radius 2 is 2.12 bits per heavy atom. The summed E-state index contributed by atoms with van der Waals surface area (Å²) < 4.78 is 5.14. The fourth-order valence-corrected chi connectivity index (χ4v) is 1.24. The van der Waals surface area contributed by atoms with E-state index in [0.717, 1.165) is 0 Å². The molecule has 0 aliphatic rings. The van der Waals surface area contributed by atoms with Crippen molar-refractivity contribution in [3.8, 4) is 0 Å². The monoisotopic (exact) mass is 240 g/mol. The van der Waals surface area contributed by atoms with Crippen LogP contribution in [0, 0.1) is 6.92 Å². The average Bonchev–Trinajstić information content (AvgIpc) is 2.57. The Hall–Kier alpha value is -1.82. The number of rotatable bonds is 5. The SMILES string of the molecule is Cc1cc(CNC(C)(C)C(N)=O)oc1C(=O)O. The Balaban J connectivity index is 2.74. The predicted octanol–water partition coefficient (Wildman–Crippen LogP) is 0.640. The van der Waals surface area contributed by atoms with Gasteiger partial charge < -0.3 is 15.3 Å². The minimum atomic E-state index is -1.11. The number of carboxylic acids is 1. The molecular weight excluding hydrogens is 224 g/mol. The summed E-state index contributed by atoms with van der Waals surface area (Å²) in [6, 6.07) is 1.62. The highest BCUT2D eigenvalue weighted by Crippen LogP contribution is 2.15. The highest BCUT2D eigenvalue weighted by molar-refractivity contribution is 5.86. The number of furan rings is 1. The number of nitrogens with one attached hydrogen (secondary N) is 1. The van der Waals surface area contributed by atoms with Crippen LogP contribution in [-0.2, 0) is 11.3 Å². The van der Waals surface area contributed by atoms with Gasteiger partial charge in [0.1, 0.15) is 5.76 Å². The maximum absolute atomic E-state index is 11.1. The van der Waals surface area contributed by atoms with Crippen LogP contribution >= 0.6 is 0 Å². The van der Waals surface area contributed by atoms with Crippen LogP contribution in [0.1, 0.15) is 35.7 Å². The van der Waals surface area contributed by atoms with Crippen molar-refractivity contribution in [2.75, 3.05) is 0 Å². The van der Waals surface area contributed by atoms with E-state index in [1.807, 2.05) is 0 Å². The van der Waals surface area contributed by atoms with Gasteiger partial charge in [0, 0.05) is 5.56 Å².